The van der Waals surface area contributed by atoms with Crippen molar-refractivity contribution in [3.63, 3.8) is 0 Å². The van der Waals surface area contributed by atoms with Crippen LogP contribution in [0.15, 0.2) is 54.7 Å². The molecule has 1 saturated heterocycles. The fourth-order valence-electron chi connectivity index (χ4n) is 3.42. The largest absolute Gasteiger partial charge is 0.495 e. The minimum absolute atomic E-state index is 0.509. The van der Waals surface area contributed by atoms with Crippen molar-refractivity contribution in [2.24, 2.45) is 0 Å². The van der Waals surface area contributed by atoms with Crippen LogP contribution in [0, 0.1) is 6.92 Å². The highest BCUT2D eigenvalue weighted by atomic mass is 16.5. The zero-order valence-electron chi connectivity index (χ0n) is 16.2. The van der Waals surface area contributed by atoms with Gasteiger partial charge in [0.1, 0.15) is 5.75 Å². The molecule has 2 aromatic carbocycles. The van der Waals surface area contributed by atoms with Crippen molar-refractivity contribution < 1.29 is 4.74 Å². The van der Waals surface area contributed by atoms with Crippen molar-refractivity contribution in [3.05, 3.63) is 60.3 Å². The summed E-state index contributed by atoms with van der Waals surface area (Å²) in [4.78, 5) is 9.23. The summed E-state index contributed by atoms with van der Waals surface area (Å²) in [6.07, 6.45) is 1.72. The van der Waals surface area contributed by atoms with Gasteiger partial charge in [-0.15, -0.1) is 5.10 Å². The maximum absolute atomic E-state index is 5.50. The lowest BCUT2D eigenvalue weighted by Crippen LogP contribution is -2.47. The Balaban J connectivity index is 1.43. The van der Waals surface area contributed by atoms with Crippen LogP contribution in [0.5, 0.6) is 5.75 Å². The summed E-state index contributed by atoms with van der Waals surface area (Å²) < 4.78 is 5.50. The second kappa shape index (κ2) is 8.12. The third kappa shape index (κ3) is 3.98. The van der Waals surface area contributed by atoms with Crippen LogP contribution < -0.4 is 19.9 Å². The van der Waals surface area contributed by atoms with Crippen LogP contribution in [0.3, 0.4) is 0 Å². The Morgan fingerprint density at radius 3 is 2.54 bits per heavy atom. The van der Waals surface area contributed by atoms with Gasteiger partial charge in [-0.1, -0.05) is 24.3 Å². The van der Waals surface area contributed by atoms with Gasteiger partial charge in [0.15, 0.2) is 5.82 Å². The summed E-state index contributed by atoms with van der Waals surface area (Å²) in [6.45, 7) is 5.57. The Morgan fingerprint density at radius 2 is 1.75 bits per heavy atom. The molecule has 7 nitrogen and oxygen atoms in total. The van der Waals surface area contributed by atoms with Gasteiger partial charge < -0.3 is 19.9 Å². The number of hydrogen-bond donors (Lipinski definition) is 1. The van der Waals surface area contributed by atoms with Crippen LogP contribution in [-0.4, -0.2) is 48.5 Å². The van der Waals surface area contributed by atoms with E-state index < -0.39 is 0 Å². The fraction of sp³-hybridized carbons (Fsp3) is 0.286. The molecule has 1 aliphatic heterocycles. The van der Waals surface area contributed by atoms with Crippen molar-refractivity contribution in [2.75, 3.05) is 48.4 Å². The number of methoxy groups -OCH3 is 1. The van der Waals surface area contributed by atoms with E-state index in [9.17, 15) is 0 Å². The van der Waals surface area contributed by atoms with Crippen LogP contribution in [0.2, 0.25) is 0 Å². The molecule has 0 bridgehead atoms. The first-order valence-corrected chi connectivity index (χ1v) is 9.39. The minimum Gasteiger partial charge on any atom is -0.495 e. The number of aromatic nitrogens is 3. The van der Waals surface area contributed by atoms with E-state index in [0.29, 0.717) is 5.95 Å². The van der Waals surface area contributed by atoms with Crippen molar-refractivity contribution in [3.8, 4) is 5.75 Å². The molecular weight excluding hydrogens is 352 g/mol. The topological polar surface area (TPSA) is 66.4 Å². The quantitative estimate of drug-likeness (QED) is 0.733. The first-order valence-electron chi connectivity index (χ1n) is 9.39. The number of para-hydroxylation sites is 2. The van der Waals surface area contributed by atoms with Gasteiger partial charge in [0.2, 0.25) is 5.95 Å². The molecule has 1 aliphatic rings. The van der Waals surface area contributed by atoms with Crippen molar-refractivity contribution >= 4 is 23.1 Å². The van der Waals surface area contributed by atoms with E-state index in [2.05, 4.69) is 55.4 Å². The number of aryl methyl sites for hydroxylation is 1. The van der Waals surface area contributed by atoms with E-state index >= 15 is 0 Å². The average molecular weight is 376 g/mol. The highest BCUT2D eigenvalue weighted by Gasteiger charge is 2.21. The maximum atomic E-state index is 5.50. The molecular formula is C21H24N6O. The Kier molecular flexibility index (Phi) is 5.23. The third-order valence-corrected chi connectivity index (χ3v) is 4.85. The summed E-state index contributed by atoms with van der Waals surface area (Å²) in [5, 5.41) is 11.5. The highest BCUT2D eigenvalue weighted by Crippen LogP contribution is 2.29. The van der Waals surface area contributed by atoms with Gasteiger partial charge >= 0.3 is 0 Å². The molecule has 28 heavy (non-hydrogen) atoms. The van der Waals surface area contributed by atoms with Crippen molar-refractivity contribution in [1.29, 1.82) is 0 Å². The fourth-order valence-corrected chi connectivity index (χ4v) is 3.42. The van der Waals surface area contributed by atoms with E-state index in [0.717, 1.165) is 49.1 Å². The highest BCUT2D eigenvalue weighted by molar-refractivity contribution is 5.60. The molecule has 3 aromatic rings. The molecule has 144 valence electrons. The zero-order chi connectivity index (χ0) is 19.3. The second-order valence-corrected chi connectivity index (χ2v) is 6.78. The SMILES string of the molecule is COc1ccccc1N1CCN(c2cnnc(Nc3cccc(C)c3)n2)CC1. The standard InChI is InChI=1S/C21H24N6O/c1-16-6-5-7-17(14-16)23-21-24-20(15-22-25-21)27-12-10-26(11-13-27)18-8-3-4-9-19(18)28-2/h3-9,14-15H,10-13H2,1-2H3,(H,23,24,25). The monoisotopic (exact) mass is 376 g/mol. The molecule has 4 rings (SSSR count). The smallest absolute Gasteiger partial charge is 0.249 e. The summed E-state index contributed by atoms with van der Waals surface area (Å²) >= 11 is 0. The summed E-state index contributed by atoms with van der Waals surface area (Å²) in [7, 11) is 1.71. The summed E-state index contributed by atoms with van der Waals surface area (Å²) in [5.41, 5.74) is 3.27. The molecule has 1 aromatic heterocycles. The van der Waals surface area contributed by atoms with Crippen LogP contribution >= 0.6 is 0 Å². The van der Waals surface area contributed by atoms with Gasteiger partial charge in [-0.3, -0.25) is 0 Å². The lowest BCUT2D eigenvalue weighted by Gasteiger charge is -2.37. The number of nitrogens with one attached hydrogen (secondary N) is 1. The van der Waals surface area contributed by atoms with Gasteiger partial charge in [-0.05, 0) is 36.8 Å². The Labute approximate surface area is 165 Å². The number of nitrogens with zero attached hydrogens (tertiary/aromatic N) is 5. The number of anilines is 4. The zero-order valence-corrected chi connectivity index (χ0v) is 16.2. The molecule has 1 fully saturated rings. The van der Waals surface area contributed by atoms with E-state index in [-0.39, 0.29) is 0 Å². The predicted molar refractivity (Wildman–Crippen MR) is 112 cm³/mol. The van der Waals surface area contributed by atoms with Crippen molar-refractivity contribution in [1.82, 2.24) is 15.2 Å². The van der Waals surface area contributed by atoms with E-state index in [1.54, 1.807) is 13.3 Å². The summed E-state index contributed by atoms with van der Waals surface area (Å²) in [5.74, 6) is 2.25. The van der Waals surface area contributed by atoms with Crippen LogP contribution in [0.4, 0.5) is 23.1 Å². The van der Waals surface area contributed by atoms with Gasteiger partial charge in [0, 0.05) is 31.9 Å². The van der Waals surface area contributed by atoms with Gasteiger partial charge in [0.05, 0.1) is 19.0 Å². The van der Waals surface area contributed by atoms with Gasteiger partial charge in [-0.2, -0.15) is 10.1 Å². The first kappa shape index (κ1) is 18.0. The van der Waals surface area contributed by atoms with E-state index in [4.69, 9.17) is 4.74 Å². The van der Waals surface area contributed by atoms with Gasteiger partial charge in [-0.25, -0.2) is 0 Å². The minimum atomic E-state index is 0.509. The number of benzene rings is 2. The number of piperazine rings is 1. The number of ether oxygens (including phenoxy) is 1. The Hall–Kier alpha value is -3.35. The lowest BCUT2D eigenvalue weighted by molar-refractivity contribution is 0.413. The normalized spacial score (nSPS) is 14.1. The second-order valence-electron chi connectivity index (χ2n) is 6.78. The van der Waals surface area contributed by atoms with E-state index in [1.165, 1.54) is 5.56 Å². The third-order valence-electron chi connectivity index (χ3n) is 4.85. The van der Waals surface area contributed by atoms with Crippen LogP contribution in [0.1, 0.15) is 5.56 Å². The number of hydrogen-bond acceptors (Lipinski definition) is 7. The first-order chi connectivity index (χ1) is 13.7. The molecule has 2 heterocycles. The molecule has 0 spiro atoms. The predicted octanol–water partition coefficient (Wildman–Crippen LogP) is 3.26. The van der Waals surface area contributed by atoms with E-state index in [1.807, 2.05) is 30.3 Å². The van der Waals surface area contributed by atoms with Crippen molar-refractivity contribution in [2.45, 2.75) is 6.92 Å². The Morgan fingerprint density at radius 1 is 0.964 bits per heavy atom. The average Bonchev–Trinajstić information content (AvgIpc) is 2.74. The maximum Gasteiger partial charge on any atom is 0.249 e. The molecule has 0 amide bonds. The molecule has 0 unspecified atom stereocenters. The molecule has 0 atom stereocenters. The molecule has 0 saturated carbocycles. The van der Waals surface area contributed by atoms with Crippen LogP contribution in [-0.2, 0) is 0 Å². The van der Waals surface area contributed by atoms with Crippen LogP contribution in [0.25, 0.3) is 0 Å². The summed E-state index contributed by atoms with van der Waals surface area (Å²) in [6, 6.07) is 16.3. The Bertz CT molecular complexity index is 939. The molecule has 0 aliphatic carbocycles. The number of rotatable bonds is 5. The lowest BCUT2D eigenvalue weighted by atomic mass is 10.2. The molecule has 0 radical (unpaired) electrons. The molecule has 7 heteroatoms. The molecule has 1 N–H and O–H groups in total. The van der Waals surface area contributed by atoms with Gasteiger partial charge in [0.25, 0.3) is 0 Å².